The summed E-state index contributed by atoms with van der Waals surface area (Å²) in [6.45, 7) is 0. The molecular formula is C23H22N6O3. The number of benzene rings is 2. The number of hydrogen-bond donors (Lipinski definition) is 3. The third-order valence-electron chi connectivity index (χ3n) is 6.56. The molecule has 4 aromatic rings. The number of amides is 1. The summed E-state index contributed by atoms with van der Waals surface area (Å²) in [7, 11) is 5.08. The van der Waals surface area contributed by atoms with Crippen LogP contribution in [0.3, 0.4) is 0 Å². The van der Waals surface area contributed by atoms with Crippen LogP contribution in [0.2, 0.25) is 0 Å². The molecule has 0 bridgehead atoms. The third kappa shape index (κ3) is 2.54. The highest BCUT2D eigenvalue weighted by atomic mass is 16.5. The summed E-state index contributed by atoms with van der Waals surface area (Å²) in [6.07, 6.45) is 2.57. The van der Waals surface area contributed by atoms with Crippen LogP contribution in [0.5, 0.6) is 11.5 Å². The van der Waals surface area contributed by atoms with Gasteiger partial charge in [-0.1, -0.05) is 6.07 Å². The van der Waals surface area contributed by atoms with Gasteiger partial charge < -0.3 is 20.1 Å². The highest BCUT2D eigenvalue weighted by Crippen LogP contribution is 2.65. The molecular weight excluding hydrogens is 408 g/mol. The van der Waals surface area contributed by atoms with Gasteiger partial charge in [0.25, 0.3) is 0 Å². The molecule has 2 aliphatic rings. The van der Waals surface area contributed by atoms with Gasteiger partial charge in [-0.05, 0) is 47.9 Å². The van der Waals surface area contributed by atoms with Gasteiger partial charge in [0.05, 0.1) is 31.3 Å². The number of carbonyl (C=O) groups excluding carboxylic acids is 1. The van der Waals surface area contributed by atoms with Crippen molar-refractivity contribution in [3.63, 3.8) is 0 Å². The number of aromatic nitrogens is 4. The second-order valence-electron chi connectivity index (χ2n) is 8.32. The van der Waals surface area contributed by atoms with Crippen molar-refractivity contribution in [2.75, 3.05) is 24.9 Å². The molecule has 32 heavy (non-hydrogen) atoms. The lowest BCUT2D eigenvalue weighted by Crippen LogP contribution is -2.21. The Labute approximate surface area is 183 Å². The van der Waals surface area contributed by atoms with E-state index in [1.165, 1.54) is 0 Å². The van der Waals surface area contributed by atoms with Gasteiger partial charge in [0.1, 0.15) is 5.75 Å². The molecule has 3 heterocycles. The zero-order valence-corrected chi connectivity index (χ0v) is 17.9. The highest BCUT2D eigenvalue weighted by molar-refractivity contribution is 6.10. The molecule has 6 rings (SSSR count). The van der Waals surface area contributed by atoms with Crippen molar-refractivity contribution in [2.24, 2.45) is 7.05 Å². The number of aromatic amines is 1. The van der Waals surface area contributed by atoms with Crippen LogP contribution in [0.15, 0.2) is 42.6 Å². The number of ether oxygens (including phenoxy) is 2. The first-order valence-corrected chi connectivity index (χ1v) is 10.4. The maximum atomic E-state index is 12.9. The Kier molecular flexibility index (Phi) is 3.80. The van der Waals surface area contributed by atoms with Crippen LogP contribution in [0.1, 0.15) is 23.5 Å². The molecule has 9 nitrogen and oxygen atoms in total. The molecule has 9 heteroatoms. The molecule has 162 valence electrons. The molecule has 0 unspecified atom stereocenters. The molecule has 2 aromatic carbocycles. The normalized spacial score (nSPS) is 21.0. The molecule has 0 saturated heterocycles. The lowest BCUT2D eigenvalue weighted by Gasteiger charge is -2.10. The fourth-order valence-electron chi connectivity index (χ4n) is 4.86. The maximum Gasteiger partial charge on any atom is 0.235 e. The number of rotatable bonds is 5. The Hall–Kier alpha value is -4.01. The number of anilines is 3. The summed E-state index contributed by atoms with van der Waals surface area (Å²) in [5.74, 6) is 2.83. The molecule has 3 N–H and O–H groups in total. The second kappa shape index (κ2) is 6.49. The fraction of sp³-hybridized carbons (Fsp3) is 0.261. The SMILES string of the molecule is COc1ccc2c(c1)[C@]1(C[C@H]1c1ccc3c(Nc4nn(C)cc4OC)n[nH]c3c1)C(=O)N2. The van der Waals surface area contributed by atoms with Crippen molar-refractivity contribution in [1.29, 1.82) is 0 Å². The maximum absolute atomic E-state index is 12.9. The number of nitrogens with one attached hydrogen (secondary N) is 3. The predicted molar refractivity (Wildman–Crippen MR) is 120 cm³/mol. The summed E-state index contributed by atoms with van der Waals surface area (Å²) in [5.41, 5.74) is 3.36. The van der Waals surface area contributed by atoms with Crippen molar-refractivity contribution >= 4 is 34.1 Å². The van der Waals surface area contributed by atoms with Crippen LogP contribution in [0.4, 0.5) is 17.3 Å². The summed E-state index contributed by atoms with van der Waals surface area (Å²) in [5, 5.41) is 19.1. The van der Waals surface area contributed by atoms with E-state index in [4.69, 9.17) is 9.47 Å². The van der Waals surface area contributed by atoms with Crippen LogP contribution in [0, 0.1) is 0 Å². The summed E-state index contributed by atoms with van der Waals surface area (Å²) in [4.78, 5) is 12.9. The van der Waals surface area contributed by atoms with E-state index in [0.29, 0.717) is 17.4 Å². The zero-order chi connectivity index (χ0) is 22.0. The highest BCUT2D eigenvalue weighted by Gasteiger charge is 2.65. The van der Waals surface area contributed by atoms with Gasteiger partial charge >= 0.3 is 0 Å². The first-order valence-electron chi connectivity index (χ1n) is 10.4. The molecule has 2 aromatic heterocycles. The first kappa shape index (κ1) is 18.7. The summed E-state index contributed by atoms with van der Waals surface area (Å²) < 4.78 is 12.4. The van der Waals surface area contributed by atoms with Crippen LogP contribution in [0.25, 0.3) is 10.9 Å². The van der Waals surface area contributed by atoms with Crippen LogP contribution in [-0.4, -0.2) is 40.1 Å². The lowest BCUT2D eigenvalue weighted by atomic mass is 9.91. The molecule has 1 spiro atoms. The van der Waals surface area contributed by atoms with Gasteiger partial charge in [0.2, 0.25) is 5.91 Å². The smallest absolute Gasteiger partial charge is 0.235 e. The minimum atomic E-state index is -0.528. The third-order valence-corrected chi connectivity index (χ3v) is 6.56. The Morgan fingerprint density at radius 2 is 2.03 bits per heavy atom. The fourth-order valence-corrected chi connectivity index (χ4v) is 4.86. The van der Waals surface area contributed by atoms with Crippen molar-refractivity contribution in [1.82, 2.24) is 20.0 Å². The number of fused-ring (bicyclic) bond motifs is 3. The molecule has 1 saturated carbocycles. The molecule has 2 atom stereocenters. The predicted octanol–water partition coefficient (Wildman–Crippen LogP) is 3.43. The van der Waals surface area contributed by atoms with E-state index in [1.807, 2.05) is 31.3 Å². The number of aryl methyl sites for hydroxylation is 1. The molecule has 1 amide bonds. The second-order valence-corrected chi connectivity index (χ2v) is 8.32. The van der Waals surface area contributed by atoms with E-state index in [-0.39, 0.29) is 11.8 Å². The van der Waals surface area contributed by atoms with Crippen molar-refractivity contribution in [3.8, 4) is 11.5 Å². The van der Waals surface area contributed by atoms with Crippen molar-refractivity contribution in [2.45, 2.75) is 17.8 Å². The molecule has 1 aliphatic heterocycles. The van der Waals surface area contributed by atoms with Gasteiger partial charge in [0, 0.05) is 24.0 Å². The van der Waals surface area contributed by atoms with Gasteiger partial charge in [-0.2, -0.15) is 10.2 Å². The molecule has 0 radical (unpaired) electrons. The zero-order valence-electron chi connectivity index (χ0n) is 17.9. The minimum Gasteiger partial charge on any atom is -0.497 e. The number of hydrogen-bond acceptors (Lipinski definition) is 6. The van der Waals surface area contributed by atoms with E-state index in [0.717, 1.165) is 39.9 Å². The Balaban J connectivity index is 1.33. The van der Waals surface area contributed by atoms with Gasteiger partial charge in [-0.3, -0.25) is 14.6 Å². The van der Waals surface area contributed by atoms with E-state index in [2.05, 4.69) is 38.1 Å². The molecule has 1 fully saturated rings. The topological polar surface area (TPSA) is 106 Å². The standard InChI is InChI=1S/C23H22N6O3/c1-29-11-19(32-3)21(28-29)25-20-14-6-4-12(8-18(14)26-27-20)16-10-23(16)15-9-13(31-2)5-7-17(15)24-22(23)30/h4-9,11,16H,10H2,1-3H3,(H,24,30)(H2,25,26,27,28)/t16-,23-/m0/s1. The Morgan fingerprint density at radius 1 is 1.16 bits per heavy atom. The van der Waals surface area contributed by atoms with Crippen LogP contribution < -0.4 is 20.1 Å². The van der Waals surface area contributed by atoms with E-state index >= 15 is 0 Å². The quantitative estimate of drug-likeness (QED) is 0.448. The van der Waals surface area contributed by atoms with Crippen molar-refractivity contribution < 1.29 is 14.3 Å². The summed E-state index contributed by atoms with van der Waals surface area (Å²) in [6, 6.07) is 11.9. The van der Waals surface area contributed by atoms with E-state index < -0.39 is 5.41 Å². The lowest BCUT2D eigenvalue weighted by molar-refractivity contribution is -0.118. The van der Waals surface area contributed by atoms with Crippen molar-refractivity contribution in [3.05, 3.63) is 53.7 Å². The van der Waals surface area contributed by atoms with E-state index in [1.54, 1.807) is 25.1 Å². The Bertz CT molecular complexity index is 1390. The average molecular weight is 430 g/mol. The van der Waals surface area contributed by atoms with Crippen LogP contribution in [-0.2, 0) is 17.3 Å². The molecule has 1 aliphatic carbocycles. The number of H-pyrrole nitrogens is 1. The Morgan fingerprint density at radius 3 is 2.84 bits per heavy atom. The van der Waals surface area contributed by atoms with Gasteiger partial charge in [-0.15, -0.1) is 0 Å². The number of carbonyl (C=O) groups is 1. The minimum absolute atomic E-state index is 0.0556. The van der Waals surface area contributed by atoms with E-state index in [9.17, 15) is 4.79 Å². The van der Waals surface area contributed by atoms with Crippen LogP contribution >= 0.6 is 0 Å². The average Bonchev–Trinajstić information content (AvgIpc) is 3.14. The number of methoxy groups -OCH3 is 2. The first-order chi connectivity index (χ1) is 15.5. The largest absolute Gasteiger partial charge is 0.497 e. The number of nitrogens with zero attached hydrogens (tertiary/aromatic N) is 3. The van der Waals surface area contributed by atoms with Gasteiger partial charge in [0.15, 0.2) is 17.4 Å². The monoisotopic (exact) mass is 430 g/mol. The summed E-state index contributed by atoms with van der Waals surface area (Å²) >= 11 is 0. The van der Waals surface area contributed by atoms with Gasteiger partial charge in [-0.25, -0.2) is 0 Å².